The molecule has 10 nitrogen and oxygen atoms in total. The lowest BCUT2D eigenvalue weighted by molar-refractivity contribution is -0.384. The summed E-state index contributed by atoms with van der Waals surface area (Å²) in [5.41, 5.74) is -0.482. The summed E-state index contributed by atoms with van der Waals surface area (Å²) in [5.74, 6) is 0.500. The Hall–Kier alpha value is -3.14. The highest BCUT2D eigenvalue weighted by Crippen LogP contribution is 2.18. The van der Waals surface area contributed by atoms with Gasteiger partial charge >= 0.3 is 5.69 Å². The van der Waals surface area contributed by atoms with Gasteiger partial charge in [0.25, 0.3) is 11.2 Å². The molecule has 0 atom stereocenters. The molecule has 0 spiro atoms. The summed E-state index contributed by atoms with van der Waals surface area (Å²) in [6.07, 6.45) is 0.508. The van der Waals surface area contributed by atoms with Crippen molar-refractivity contribution in [3.8, 4) is 5.75 Å². The first kappa shape index (κ1) is 18.6. The SMILES string of the molecule is Cn1c(=O)c2c(nc(Cl)n2CCCOc2ccc([N+](=O)[O-])cc2)n(C)c1=O. The van der Waals surface area contributed by atoms with E-state index in [0.717, 1.165) is 4.57 Å². The van der Waals surface area contributed by atoms with Crippen LogP contribution < -0.4 is 16.0 Å². The van der Waals surface area contributed by atoms with E-state index in [2.05, 4.69) is 4.98 Å². The maximum atomic E-state index is 12.4. The van der Waals surface area contributed by atoms with Crippen LogP contribution in [0.4, 0.5) is 5.69 Å². The van der Waals surface area contributed by atoms with Crippen LogP contribution in [0.1, 0.15) is 6.42 Å². The first-order valence-electron chi connectivity index (χ1n) is 8.00. The number of non-ortho nitro benzene ring substituents is 1. The molecule has 0 aliphatic rings. The zero-order chi connectivity index (χ0) is 19.7. The Morgan fingerprint density at radius 3 is 2.48 bits per heavy atom. The molecule has 0 N–H and O–H groups in total. The van der Waals surface area contributed by atoms with E-state index in [-0.39, 0.29) is 22.1 Å². The predicted octanol–water partition coefficient (Wildman–Crippen LogP) is 1.46. The zero-order valence-corrected chi connectivity index (χ0v) is 15.3. The molecule has 0 fully saturated rings. The molecule has 0 saturated carbocycles. The second-order valence-corrected chi connectivity index (χ2v) is 6.20. The smallest absolute Gasteiger partial charge is 0.332 e. The van der Waals surface area contributed by atoms with E-state index in [1.54, 1.807) is 0 Å². The fourth-order valence-corrected chi connectivity index (χ4v) is 2.95. The molecule has 0 aliphatic heterocycles. The molecule has 1 aromatic carbocycles. The summed E-state index contributed by atoms with van der Waals surface area (Å²) in [4.78, 5) is 38.7. The minimum Gasteiger partial charge on any atom is -0.494 e. The van der Waals surface area contributed by atoms with Crippen molar-refractivity contribution in [3.05, 3.63) is 60.5 Å². The number of nitrogens with zero attached hydrogens (tertiary/aromatic N) is 5. The van der Waals surface area contributed by atoms with Gasteiger partial charge in [0.2, 0.25) is 5.28 Å². The minimum atomic E-state index is -0.482. The number of halogens is 1. The summed E-state index contributed by atoms with van der Waals surface area (Å²) in [5, 5.41) is 10.7. The molecule has 0 bridgehead atoms. The van der Waals surface area contributed by atoms with Gasteiger partial charge in [-0.25, -0.2) is 4.79 Å². The molecule has 0 radical (unpaired) electrons. The fourth-order valence-electron chi connectivity index (χ4n) is 2.70. The van der Waals surface area contributed by atoms with Gasteiger partial charge in [0.15, 0.2) is 11.2 Å². The van der Waals surface area contributed by atoms with Crippen molar-refractivity contribution < 1.29 is 9.66 Å². The van der Waals surface area contributed by atoms with E-state index in [0.29, 0.717) is 25.3 Å². The van der Waals surface area contributed by atoms with Crippen molar-refractivity contribution in [1.29, 1.82) is 0 Å². The fraction of sp³-hybridized carbons (Fsp3) is 0.312. The number of imidazole rings is 1. The van der Waals surface area contributed by atoms with Crippen LogP contribution in [0.5, 0.6) is 5.75 Å². The minimum absolute atomic E-state index is 0.0134. The van der Waals surface area contributed by atoms with E-state index >= 15 is 0 Å². The van der Waals surface area contributed by atoms with Crippen molar-refractivity contribution in [2.75, 3.05) is 6.61 Å². The molecule has 0 unspecified atom stereocenters. The van der Waals surface area contributed by atoms with Crippen LogP contribution in [0.3, 0.4) is 0 Å². The Morgan fingerprint density at radius 1 is 1.19 bits per heavy atom. The lowest BCUT2D eigenvalue weighted by atomic mass is 10.3. The van der Waals surface area contributed by atoms with Gasteiger partial charge < -0.3 is 9.30 Å². The van der Waals surface area contributed by atoms with E-state index in [1.165, 1.54) is 47.5 Å². The molecular weight excluding hydrogens is 378 g/mol. The Labute approximate surface area is 157 Å². The van der Waals surface area contributed by atoms with Gasteiger partial charge in [-0.05, 0) is 30.2 Å². The number of hydrogen-bond donors (Lipinski definition) is 0. The molecule has 27 heavy (non-hydrogen) atoms. The topological polar surface area (TPSA) is 114 Å². The maximum absolute atomic E-state index is 12.4. The van der Waals surface area contributed by atoms with Gasteiger partial charge in [-0.1, -0.05) is 0 Å². The van der Waals surface area contributed by atoms with Crippen molar-refractivity contribution in [3.63, 3.8) is 0 Å². The number of ether oxygens (including phenoxy) is 1. The number of rotatable bonds is 6. The van der Waals surface area contributed by atoms with Crippen LogP contribution in [0.2, 0.25) is 5.28 Å². The van der Waals surface area contributed by atoms with Gasteiger partial charge in [-0.3, -0.25) is 24.0 Å². The van der Waals surface area contributed by atoms with E-state index in [9.17, 15) is 19.7 Å². The molecule has 142 valence electrons. The first-order valence-corrected chi connectivity index (χ1v) is 8.38. The normalized spacial score (nSPS) is 11.1. The number of aromatic nitrogens is 4. The number of fused-ring (bicyclic) bond motifs is 1. The standard InChI is InChI=1S/C16H16ClN5O5/c1-19-13-12(14(23)20(2)16(19)24)21(15(17)18-13)8-3-9-27-11-6-4-10(5-7-11)22(25)26/h4-7H,3,8-9H2,1-2H3. The third kappa shape index (κ3) is 3.43. The van der Waals surface area contributed by atoms with Crippen LogP contribution in [0.15, 0.2) is 33.9 Å². The summed E-state index contributed by atoms with van der Waals surface area (Å²) >= 11 is 6.14. The van der Waals surface area contributed by atoms with Crippen molar-refractivity contribution >= 4 is 28.5 Å². The summed E-state index contributed by atoms with van der Waals surface area (Å²) in [6, 6.07) is 5.76. The molecule has 11 heteroatoms. The van der Waals surface area contributed by atoms with Crippen LogP contribution in [0.25, 0.3) is 11.2 Å². The maximum Gasteiger partial charge on any atom is 0.332 e. The average Bonchev–Trinajstić information content (AvgIpc) is 2.98. The predicted molar refractivity (Wildman–Crippen MR) is 98.4 cm³/mol. The highest BCUT2D eigenvalue weighted by Gasteiger charge is 2.17. The quantitative estimate of drug-likeness (QED) is 0.271. The number of aryl methyl sites for hydroxylation is 2. The van der Waals surface area contributed by atoms with Crippen LogP contribution >= 0.6 is 11.6 Å². The van der Waals surface area contributed by atoms with Gasteiger partial charge in [-0.2, -0.15) is 4.98 Å². The van der Waals surface area contributed by atoms with Gasteiger partial charge in [0, 0.05) is 32.8 Å². The van der Waals surface area contributed by atoms with Gasteiger partial charge in [-0.15, -0.1) is 0 Å². The van der Waals surface area contributed by atoms with E-state index < -0.39 is 16.2 Å². The molecule has 3 aromatic rings. The molecule has 0 amide bonds. The molecule has 0 saturated heterocycles. The third-order valence-corrected chi connectivity index (χ3v) is 4.43. The number of nitro benzene ring substituents is 1. The highest BCUT2D eigenvalue weighted by atomic mass is 35.5. The second kappa shape index (κ2) is 7.23. The first-order chi connectivity index (χ1) is 12.8. The number of nitro groups is 1. The second-order valence-electron chi connectivity index (χ2n) is 5.86. The van der Waals surface area contributed by atoms with Crippen LogP contribution in [-0.4, -0.2) is 30.2 Å². The molecular formula is C16H16ClN5O5. The summed E-state index contributed by atoms with van der Waals surface area (Å²) in [6.45, 7) is 0.662. The third-order valence-electron chi connectivity index (χ3n) is 4.14. The number of hydrogen-bond acceptors (Lipinski definition) is 6. The van der Waals surface area contributed by atoms with E-state index in [4.69, 9.17) is 16.3 Å². The number of benzene rings is 1. The van der Waals surface area contributed by atoms with Gasteiger partial charge in [0.1, 0.15) is 5.75 Å². The van der Waals surface area contributed by atoms with Gasteiger partial charge in [0.05, 0.1) is 11.5 Å². The average molecular weight is 394 g/mol. The lowest BCUT2D eigenvalue weighted by Crippen LogP contribution is -2.37. The molecule has 0 aliphatic carbocycles. The molecule has 3 rings (SSSR count). The Bertz CT molecular complexity index is 1130. The Balaban J connectivity index is 1.74. The largest absolute Gasteiger partial charge is 0.494 e. The van der Waals surface area contributed by atoms with Crippen molar-refractivity contribution in [2.24, 2.45) is 14.1 Å². The highest BCUT2D eigenvalue weighted by molar-refractivity contribution is 6.29. The van der Waals surface area contributed by atoms with Crippen molar-refractivity contribution in [1.82, 2.24) is 18.7 Å². The van der Waals surface area contributed by atoms with E-state index in [1.807, 2.05) is 0 Å². The lowest BCUT2D eigenvalue weighted by Gasteiger charge is -2.09. The van der Waals surface area contributed by atoms with Crippen molar-refractivity contribution in [2.45, 2.75) is 13.0 Å². The Morgan fingerprint density at radius 2 is 1.85 bits per heavy atom. The zero-order valence-electron chi connectivity index (χ0n) is 14.6. The van der Waals surface area contributed by atoms with Crippen LogP contribution in [0, 0.1) is 10.1 Å². The molecule has 2 aromatic heterocycles. The summed E-state index contributed by atoms with van der Waals surface area (Å²) in [7, 11) is 2.92. The summed E-state index contributed by atoms with van der Waals surface area (Å²) < 4.78 is 9.36. The molecule has 2 heterocycles. The Kier molecular flexibility index (Phi) is 5.00. The monoisotopic (exact) mass is 393 g/mol. The van der Waals surface area contributed by atoms with Crippen LogP contribution in [-0.2, 0) is 20.6 Å².